The van der Waals surface area contributed by atoms with Gasteiger partial charge in [0.15, 0.2) is 5.75 Å². The van der Waals surface area contributed by atoms with E-state index in [9.17, 15) is 0 Å². The van der Waals surface area contributed by atoms with E-state index in [0.29, 0.717) is 6.73 Å². The molecule has 3 aliphatic rings. The molecule has 1 aromatic heterocycles. The number of hydrogen-bond donors (Lipinski definition) is 0. The van der Waals surface area contributed by atoms with E-state index in [4.69, 9.17) is 14.5 Å². The van der Waals surface area contributed by atoms with Gasteiger partial charge in [0.1, 0.15) is 12.2 Å². The molecule has 0 bridgehead atoms. The minimum absolute atomic E-state index is 0.638. The lowest BCUT2D eigenvalue weighted by Crippen LogP contribution is -2.46. The highest BCUT2D eigenvalue weighted by Crippen LogP contribution is 2.35. The Balaban J connectivity index is 1.11. The van der Waals surface area contributed by atoms with Crippen molar-refractivity contribution in [3.05, 3.63) is 64.3 Å². The highest BCUT2D eigenvalue weighted by molar-refractivity contribution is 9.10. The maximum atomic E-state index is 6.31. The van der Waals surface area contributed by atoms with Gasteiger partial charge in [0, 0.05) is 86.2 Å². The Morgan fingerprint density at radius 3 is 2.46 bits per heavy atom. The Kier molecular flexibility index (Phi) is 7.90. The smallest absolute Gasteiger partial charge is 0.152 e. The van der Waals surface area contributed by atoms with Crippen LogP contribution in [-0.4, -0.2) is 92.0 Å². The monoisotopic (exact) mass is 565 g/mol. The van der Waals surface area contributed by atoms with Crippen LogP contribution >= 0.6 is 15.9 Å². The normalized spacial score (nSPS) is 19.6. The maximum absolute atomic E-state index is 6.31. The zero-order chi connectivity index (χ0) is 25.0. The molecular weight excluding hydrogens is 530 g/mol. The third kappa shape index (κ3) is 5.94. The SMILES string of the molecule is Brc1ccc(N2CCN(Cc3cc4c(c5ncccc35)OCN(CCCN3CCOCC3)C4)CC2)cc1. The third-order valence-corrected chi connectivity index (χ3v) is 8.33. The lowest BCUT2D eigenvalue weighted by Gasteiger charge is -2.36. The van der Waals surface area contributed by atoms with Crippen molar-refractivity contribution in [2.45, 2.75) is 19.5 Å². The lowest BCUT2D eigenvalue weighted by atomic mass is 10.0. The molecule has 2 aromatic carbocycles. The van der Waals surface area contributed by atoms with E-state index in [1.54, 1.807) is 0 Å². The van der Waals surface area contributed by atoms with Crippen LogP contribution in [0.15, 0.2) is 53.1 Å². The second kappa shape index (κ2) is 11.7. The first kappa shape index (κ1) is 25.1. The van der Waals surface area contributed by atoms with E-state index < -0.39 is 0 Å². The summed E-state index contributed by atoms with van der Waals surface area (Å²) in [6.45, 7) is 12.7. The fourth-order valence-corrected chi connectivity index (χ4v) is 6.01. The van der Waals surface area contributed by atoms with Gasteiger partial charge in [0.25, 0.3) is 0 Å². The molecule has 7 nitrogen and oxygen atoms in total. The lowest BCUT2D eigenvalue weighted by molar-refractivity contribution is 0.0331. The molecule has 0 saturated carbocycles. The number of ether oxygens (including phenoxy) is 2. The number of nitrogens with zero attached hydrogens (tertiary/aromatic N) is 5. The molecule has 0 spiro atoms. The molecule has 3 aliphatic heterocycles. The second-order valence-electron chi connectivity index (χ2n) is 10.3. The Labute approximate surface area is 228 Å². The molecule has 6 rings (SSSR count). The molecule has 196 valence electrons. The topological polar surface area (TPSA) is 44.3 Å². The van der Waals surface area contributed by atoms with Gasteiger partial charge < -0.3 is 14.4 Å². The maximum Gasteiger partial charge on any atom is 0.152 e. The molecule has 4 heterocycles. The summed E-state index contributed by atoms with van der Waals surface area (Å²) >= 11 is 3.54. The Bertz CT molecular complexity index is 1190. The fraction of sp³-hybridized carbons (Fsp3) is 0.483. The van der Waals surface area contributed by atoms with Crippen molar-refractivity contribution in [1.29, 1.82) is 0 Å². The largest absolute Gasteiger partial charge is 0.475 e. The molecule has 37 heavy (non-hydrogen) atoms. The summed E-state index contributed by atoms with van der Waals surface area (Å²) in [5.41, 5.74) is 4.94. The van der Waals surface area contributed by atoms with Crippen molar-refractivity contribution < 1.29 is 9.47 Å². The first-order valence-electron chi connectivity index (χ1n) is 13.5. The predicted octanol–water partition coefficient (Wildman–Crippen LogP) is 4.19. The van der Waals surface area contributed by atoms with Crippen LogP contribution < -0.4 is 9.64 Å². The standard InChI is InChI=1S/C29H36BrN5O2/c30-25-4-6-26(7-5-25)35-13-11-33(12-14-35)20-23-19-24-21-34(10-2-9-32-15-17-36-18-16-32)22-37-29(24)28-27(23)3-1-8-31-28/h1,3-8,19H,2,9-18,20-22H2. The van der Waals surface area contributed by atoms with E-state index in [1.807, 2.05) is 12.3 Å². The molecule has 8 heteroatoms. The molecule has 3 aromatic rings. The average Bonchev–Trinajstić information content (AvgIpc) is 2.94. The summed E-state index contributed by atoms with van der Waals surface area (Å²) in [4.78, 5) is 14.8. The Morgan fingerprint density at radius 2 is 1.65 bits per heavy atom. The summed E-state index contributed by atoms with van der Waals surface area (Å²) in [7, 11) is 0. The van der Waals surface area contributed by atoms with Gasteiger partial charge in [-0.1, -0.05) is 22.0 Å². The summed E-state index contributed by atoms with van der Waals surface area (Å²) in [6, 6.07) is 15.3. The molecule has 2 saturated heterocycles. The molecule has 0 N–H and O–H groups in total. The molecule has 0 unspecified atom stereocenters. The highest BCUT2D eigenvalue weighted by Gasteiger charge is 2.24. The predicted molar refractivity (Wildman–Crippen MR) is 151 cm³/mol. The summed E-state index contributed by atoms with van der Waals surface area (Å²) in [5.74, 6) is 0.976. The number of morpholine rings is 1. The zero-order valence-corrected chi connectivity index (χ0v) is 23.0. The minimum atomic E-state index is 0.638. The summed E-state index contributed by atoms with van der Waals surface area (Å²) in [6.07, 6.45) is 3.04. The van der Waals surface area contributed by atoms with Crippen molar-refractivity contribution >= 4 is 32.5 Å². The first-order chi connectivity index (χ1) is 18.2. The van der Waals surface area contributed by atoms with Crippen molar-refractivity contribution in [3.63, 3.8) is 0 Å². The Hall–Kier alpha value is -2.23. The number of piperazine rings is 1. The van der Waals surface area contributed by atoms with Gasteiger partial charge in [0.2, 0.25) is 0 Å². The van der Waals surface area contributed by atoms with Crippen LogP contribution in [-0.2, 0) is 17.8 Å². The number of pyridine rings is 1. The van der Waals surface area contributed by atoms with Crippen molar-refractivity contribution in [1.82, 2.24) is 19.7 Å². The fourth-order valence-electron chi connectivity index (χ4n) is 5.75. The quantitative estimate of drug-likeness (QED) is 0.425. The van der Waals surface area contributed by atoms with Crippen LogP contribution in [0.25, 0.3) is 10.9 Å². The van der Waals surface area contributed by atoms with Crippen LogP contribution in [0.3, 0.4) is 0 Å². The highest BCUT2D eigenvalue weighted by atomic mass is 79.9. The number of hydrogen-bond acceptors (Lipinski definition) is 7. The molecule has 0 radical (unpaired) electrons. The number of anilines is 1. The van der Waals surface area contributed by atoms with Crippen molar-refractivity contribution in [3.8, 4) is 5.75 Å². The van der Waals surface area contributed by atoms with Crippen molar-refractivity contribution in [2.75, 3.05) is 77.2 Å². The third-order valence-electron chi connectivity index (χ3n) is 7.80. The first-order valence-corrected chi connectivity index (χ1v) is 14.3. The van der Waals surface area contributed by atoms with Crippen LogP contribution in [0.4, 0.5) is 5.69 Å². The van der Waals surface area contributed by atoms with Gasteiger partial charge in [0.05, 0.1) is 13.2 Å². The van der Waals surface area contributed by atoms with Crippen LogP contribution in [0.2, 0.25) is 0 Å². The zero-order valence-electron chi connectivity index (χ0n) is 21.4. The van der Waals surface area contributed by atoms with Crippen LogP contribution in [0.5, 0.6) is 5.75 Å². The van der Waals surface area contributed by atoms with Crippen molar-refractivity contribution in [2.24, 2.45) is 0 Å². The number of rotatable bonds is 7. The summed E-state index contributed by atoms with van der Waals surface area (Å²) in [5, 5.41) is 1.22. The molecule has 0 aliphatic carbocycles. The van der Waals surface area contributed by atoms with Gasteiger partial charge in [-0.3, -0.25) is 19.7 Å². The van der Waals surface area contributed by atoms with E-state index in [1.165, 1.54) is 22.2 Å². The van der Waals surface area contributed by atoms with E-state index in [-0.39, 0.29) is 0 Å². The molecule has 0 amide bonds. The van der Waals surface area contributed by atoms with E-state index >= 15 is 0 Å². The number of benzene rings is 2. The molecular formula is C29H36BrN5O2. The Morgan fingerprint density at radius 1 is 0.865 bits per heavy atom. The van der Waals surface area contributed by atoms with Gasteiger partial charge in [-0.05, 0) is 54.9 Å². The van der Waals surface area contributed by atoms with Crippen LogP contribution in [0, 0.1) is 0 Å². The second-order valence-corrected chi connectivity index (χ2v) is 11.2. The summed E-state index contributed by atoms with van der Waals surface area (Å²) < 4.78 is 12.9. The van der Waals surface area contributed by atoms with Gasteiger partial charge in [-0.15, -0.1) is 0 Å². The van der Waals surface area contributed by atoms with Crippen LogP contribution in [0.1, 0.15) is 17.5 Å². The van der Waals surface area contributed by atoms with E-state index in [0.717, 1.165) is 101 Å². The average molecular weight is 567 g/mol. The number of aromatic nitrogens is 1. The van der Waals surface area contributed by atoms with E-state index in [2.05, 4.69) is 71.9 Å². The molecule has 2 fully saturated rings. The van der Waals surface area contributed by atoms with Gasteiger partial charge in [-0.2, -0.15) is 0 Å². The minimum Gasteiger partial charge on any atom is -0.475 e. The van der Waals surface area contributed by atoms with Gasteiger partial charge >= 0.3 is 0 Å². The number of fused-ring (bicyclic) bond motifs is 3. The molecule has 0 atom stereocenters. The van der Waals surface area contributed by atoms with Gasteiger partial charge in [-0.25, -0.2) is 0 Å². The number of halogens is 1.